The van der Waals surface area contributed by atoms with Gasteiger partial charge < -0.3 is 15.5 Å². The van der Waals surface area contributed by atoms with Crippen molar-refractivity contribution in [3.63, 3.8) is 0 Å². The van der Waals surface area contributed by atoms with E-state index in [1.165, 1.54) is 0 Å². The van der Waals surface area contributed by atoms with Gasteiger partial charge >= 0.3 is 6.18 Å². The molecule has 0 heterocycles. The number of hydrogen-bond donors (Lipinski definition) is 2. The maximum absolute atomic E-state index is 13.0. The molecule has 1 aliphatic rings. The highest BCUT2D eigenvalue weighted by Crippen LogP contribution is 2.45. The van der Waals surface area contributed by atoms with Crippen LogP contribution in [0.2, 0.25) is 18.1 Å². The number of alkyl halides is 3. The molecule has 2 rings (SSSR count). The predicted molar refractivity (Wildman–Crippen MR) is 111 cm³/mol. The molecule has 1 aliphatic carbocycles. The third-order valence-corrected chi connectivity index (χ3v) is 11.3. The number of fused-ring (bicyclic) bond motifs is 1. The van der Waals surface area contributed by atoms with Crippen molar-refractivity contribution in [1.29, 1.82) is 0 Å². The first-order valence-corrected chi connectivity index (χ1v) is 12.8. The SMILES string of the molecule is CC(C)(O[Si](C)(C)C(C)(C)C)C1(NCC(N)C(F)(F)F)Cc2ccccc2C1. The zero-order valence-electron chi connectivity index (χ0n) is 18.1. The molecule has 28 heavy (non-hydrogen) atoms. The first kappa shape index (κ1) is 23.4. The molecule has 0 aliphatic heterocycles. The normalized spacial score (nSPS) is 18.8. The van der Waals surface area contributed by atoms with Crippen LogP contribution in [-0.2, 0) is 17.3 Å². The number of benzene rings is 1. The van der Waals surface area contributed by atoms with Crippen LogP contribution in [0, 0.1) is 0 Å². The van der Waals surface area contributed by atoms with Crippen molar-refractivity contribution < 1.29 is 17.6 Å². The summed E-state index contributed by atoms with van der Waals surface area (Å²) < 4.78 is 45.9. The van der Waals surface area contributed by atoms with Crippen molar-refractivity contribution in [3.8, 4) is 0 Å². The van der Waals surface area contributed by atoms with Gasteiger partial charge in [-0.3, -0.25) is 0 Å². The van der Waals surface area contributed by atoms with Gasteiger partial charge in [0.05, 0.1) is 11.1 Å². The molecule has 1 aromatic rings. The second kappa shape index (κ2) is 7.42. The minimum atomic E-state index is -4.43. The summed E-state index contributed by atoms with van der Waals surface area (Å²) in [7, 11) is -2.14. The van der Waals surface area contributed by atoms with Crippen LogP contribution in [0.3, 0.4) is 0 Å². The fourth-order valence-corrected chi connectivity index (χ4v) is 5.47. The Hall–Kier alpha value is -0.893. The number of nitrogens with two attached hydrogens (primary N) is 1. The summed E-state index contributed by atoms with van der Waals surface area (Å²) in [4.78, 5) is 0. The molecule has 0 saturated carbocycles. The van der Waals surface area contributed by atoms with Crippen molar-refractivity contribution in [2.45, 2.75) is 89.0 Å². The number of hydrogen-bond acceptors (Lipinski definition) is 3. The monoisotopic (exact) mass is 416 g/mol. The van der Waals surface area contributed by atoms with Crippen molar-refractivity contribution in [2.75, 3.05) is 6.54 Å². The Morgan fingerprint density at radius 1 is 1.07 bits per heavy atom. The highest BCUT2D eigenvalue weighted by Gasteiger charge is 2.54. The van der Waals surface area contributed by atoms with E-state index in [2.05, 4.69) is 39.2 Å². The molecule has 0 spiro atoms. The average molecular weight is 417 g/mol. The molecule has 1 unspecified atom stereocenters. The predicted octanol–water partition coefficient (Wildman–Crippen LogP) is 4.80. The van der Waals surface area contributed by atoms with Crippen LogP contribution >= 0.6 is 0 Å². The van der Waals surface area contributed by atoms with Gasteiger partial charge in [0.1, 0.15) is 6.04 Å². The summed E-state index contributed by atoms with van der Waals surface area (Å²) >= 11 is 0. The zero-order valence-corrected chi connectivity index (χ0v) is 19.1. The lowest BCUT2D eigenvalue weighted by atomic mass is 9.79. The van der Waals surface area contributed by atoms with E-state index in [9.17, 15) is 13.2 Å². The molecule has 0 fully saturated rings. The molecule has 1 atom stereocenters. The Morgan fingerprint density at radius 2 is 1.54 bits per heavy atom. The first-order valence-electron chi connectivity index (χ1n) is 9.85. The van der Waals surface area contributed by atoms with Crippen LogP contribution in [0.1, 0.15) is 45.7 Å². The van der Waals surface area contributed by atoms with Crippen molar-refractivity contribution in [3.05, 3.63) is 35.4 Å². The second-order valence-electron chi connectivity index (χ2n) is 10.1. The topological polar surface area (TPSA) is 47.3 Å². The molecular weight excluding hydrogens is 381 g/mol. The molecule has 7 heteroatoms. The Balaban J connectivity index is 2.36. The maximum Gasteiger partial charge on any atom is 0.404 e. The van der Waals surface area contributed by atoms with Crippen LogP contribution in [0.25, 0.3) is 0 Å². The fourth-order valence-electron chi connectivity index (χ4n) is 3.69. The lowest BCUT2D eigenvalue weighted by Gasteiger charge is -2.51. The summed E-state index contributed by atoms with van der Waals surface area (Å²) in [6.45, 7) is 14.5. The van der Waals surface area contributed by atoms with Gasteiger partial charge in [-0.2, -0.15) is 13.2 Å². The Labute approximate surface area is 168 Å². The van der Waals surface area contributed by atoms with E-state index in [0.717, 1.165) is 11.1 Å². The number of rotatable bonds is 6. The second-order valence-corrected chi connectivity index (χ2v) is 14.8. The third-order valence-electron chi connectivity index (χ3n) is 6.65. The van der Waals surface area contributed by atoms with Gasteiger partial charge in [0.15, 0.2) is 8.32 Å². The van der Waals surface area contributed by atoms with E-state index >= 15 is 0 Å². The standard InChI is InChI=1S/C21H35F3N2OSi/c1-18(2,3)28(6,7)27-19(4,5)20(26-14-17(25)21(22,23)24)12-15-10-8-9-11-16(15)13-20/h8-11,17,26H,12-14,25H2,1-7H3. The Kier molecular flexibility index (Phi) is 6.19. The quantitative estimate of drug-likeness (QED) is 0.655. The lowest BCUT2D eigenvalue weighted by Crippen LogP contribution is -2.67. The van der Waals surface area contributed by atoms with Crippen LogP contribution in [0.4, 0.5) is 13.2 Å². The number of nitrogens with one attached hydrogen (secondary N) is 1. The molecule has 0 amide bonds. The van der Waals surface area contributed by atoms with E-state index in [-0.39, 0.29) is 11.6 Å². The molecule has 3 N–H and O–H groups in total. The first-order chi connectivity index (χ1) is 12.5. The zero-order chi connectivity index (χ0) is 21.6. The average Bonchev–Trinajstić information content (AvgIpc) is 2.90. The van der Waals surface area contributed by atoms with E-state index < -0.39 is 31.7 Å². The summed E-state index contributed by atoms with van der Waals surface area (Å²) in [5.74, 6) is 0. The van der Waals surface area contributed by atoms with Gasteiger partial charge in [0.25, 0.3) is 0 Å². The largest absolute Gasteiger partial charge is 0.410 e. The van der Waals surface area contributed by atoms with Crippen molar-refractivity contribution in [1.82, 2.24) is 5.32 Å². The van der Waals surface area contributed by atoms with Gasteiger partial charge in [-0.25, -0.2) is 0 Å². The van der Waals surface area contributed by atoms with E-state index in [0.29, 0.717) is 12.8 Å². The molecule has 0 aromatic heterocycles. The minimum Gasteiger partial charge on any atom is -0.410 e. The van der Waals surface area contributed by atoms with E-state index in [1.807, 2.05) is 38.1 Å². The van der Waals surface area contributed by atoms with Crippen molar-refractivity contribution in [2.24, 2.45) is 5.73 Å². The molecule has 0 saturated heterocycles. The van der Waals surface area contributed by atoms with Crippen molar-refractivity contribution >= 4 is 8.32 Å². The molecule has 160 valence electrons. The van der Waals surface area contributed by atoms with Crippen LogP contribution in [-0.4, -0.2) is 38.2 Å². The molecule has 0 bridgehead atoms. The highest BCUT2D eigenvalue weighted by molar-refractivity contribution is 6.74. The smallest absolute Gasteiger partial charge is 0.404 e. The third kappa shape index (κ3) is 4.63. The minimum absolute atomic E-state index is 0.000706. The number of halogens is 3. The molecule has 1 aromatic carbocycles. The fraction of sp³-hybridized carbons (Fsp3) is 0.714. The van der Waals surface area contributed by atoms with Crippen LogP contribution < -0.4 is 11.1 Å². The molecule has 0 radical (unpaired) electrons. The Bertz CT molecular complexity index is 671. The van der Waals surface area contributed by atoms with Gasteiger partial charge in [-0.05, 0) is 55.9 Å². The van der Waals surface area contributed by atoms with Gasteiger partial charge in [-0.1, -0.05) is 45.0 Å². The maximum atomic E-state index is 13.0. The van der Waals surface area contributed by atoms with E-state index in [1.54, 1.807) is 0 Å². The molecule has 3 nitrogen and oxygen atoms in total. The summed E-state index contributed by atoms with van der Waals surface area (Å²) in [6.07, 6.45) is -3.19. The van der Waals surface area contributed by atoms with Gasteiger partial charge in [-0.15, -0.1) is 0 Å². The van der Waals surface area contributed by atoms with Gasteiger partial charge in [0.2, 0.25) is 0 Å². The van der Waals surface area contributed by atoms with Crippen LogP contribution in [0.5, 0.6) is 0 Å². The lowest BCUT2D eigenvalue weighted by molar-refractivity contribution is -0.148. The highest BCUT2D eigenvalue weighted by atomic mass is 28.4. The summed E-state index contributed by atoms with van der Waals surface area (Å²) in [5.41, 5.74) is 6.41. The summed E-state index contributed by atoms with van der Waals surface area (Å²) in [5, 5.41) is 3.21. The van der Waals surface area contributed by atoms with Crippen LogP contribution in [0.15, 0.2) is 24.3 Å². The summed E-state index contributed by atoms with van der Waals surface area (Å²) in [6, 6.07) is 6.13. The molecular formula is C21H35F3N2OSi. The van der Waals surface area contributed by atoms with E-state index in [4.69, 9.17) is 10.2 Å². The van der Waals surface area contributed by atoms with Gasteiger partial charge in [0, 0.05) is 6.54 Å². The Morgan fingerprint density at radius 3 is 1.93 bits per heavy atom.